The summed E-state index contributed by atoms with van der Waals surface area (Å²) in [5, 5.41) is 4.85. The van der Waals surface area contributed by atoms with Crippen LogP contribution in [0.5, 0.6) is 5.75 Å². The lowest BCUT2D eigenvalue weighted by Crippen LogP contribution is -2.16. The number of fused-ring (bicyclic) bond motifs is 1. The van der Waals surface area contributed by atoms with Crippen LogP contribution in [-0.4, -0.2) is 21.9 Å². The molecule has 5 heteroatoms. The van der Waals surface area contributed by atoms with Gasteiger partial charge in [-0.15, -0.1) is 5.10 Å². The molecule has 0 bridgehead atoms. The van der Waals surface area contributed by atoms with E-state index in [0.29, 0.717) is 28.5 Å². The van der Waals surface area contributed by atoms with E-state index >= 15 is 0 Å². The minimum atomic E-state index is -0.0958. The zero-order valence-corrected chi connectivity index (χ0v) is 16.9. The fourth-order valence-corrected chi connectivity index (χ4v) is 3.67. The van der Waals surface area contributed by atoms with E-state index in [1.54, 1.807) is 23.9 Å². The Labute approximate surface area is 179 Å². The van der Waals surface area contributed by atoms with Gasteiger partial charge in [-0.05, 0) is 42.0 Å². The van der Waals surface area contributed by atoms with Crippen LogP contribution in [0.4, 0.5) is 0 Å². The molecule has 3 aromatic rings. The molecular formula is C26H19N3O2. The molecule has 2 aliphatic rings. The van der Waals surface area contributed by atoms with E-state index in [4.69, 9.17) is 14.8 Å². The molecule has 5 rings (SSSR count). The molecule has 1 heterocycles. The highest BCUT2D eigenvalue weighted by molar-refractivity contribution is 5.82. The minimum absolute atomic E-state index is 0.0958. The molecular weight excluding hydrogens is 386 g/mol. The zero-order valence-electron chi connectivity index (χ0n) is 16.9. The van der Waals surface area contributed by atoms with Gasteiger partial charge in [-0.3, -0.25) is 4.79 Å². The van der Waals surface area contributed by atoms with Gasteiger partial charge in [-0.25, -0.2) is 9.67 Å². The van der Waals surface area contributed by atoms with Gasteiger partial charge in [-0.2, -0.15) is 0 Å². The summed E-state index contributed by atoms with van der Waals surface area (Å²) in [7, 11) is 1.61. The summed E-state index contributed by atoms with van der Waals surface area (Å²) in [4.78, 5) is 17.9. The van der Waals surface area contributed by atoms with Crippen LogP contribution >= 0.6 is 0 Å². The molecule has 0 radical (unpaired) electrons. The first kappa shape index (κ1) is 18.8. The fourth-order valence-electron chi connectivity index (χ4n) is 3.67. The van der Waals surface area contributed by atoms with Crippen molar-refractivity contribution in [2.45, 2.75) is 0 Å². The first-order valence-corrected chi connectivity index (χ1v) is 9.94. The Morgan fingerprint density at radius 1 is 0.774 bits per heavy atom. The normalized spacial score (nSPS) is 10.9. The van der Waals surface area contributed by atoms with Gasteiger partial charge in [0.25, 0.3) is 0 Å². The van der Waals surface area contributed by atoms with Crippen molar-refractivity contribution < 1.29 is 4.74 Å². The van der Waals surface area contributed by atoms with Crippen molar-refractivity contribution in [2.24, 2.45) is 0 Å². The van der Waals surface area contributed by atoms with E-state index in [1.165, 1.54) is 0 Å². The number of benzene rings is 4. The van der Waals surface area contributed by atoms with Crippen LogP contribution in [0.2, 0.25) is 0 Å². The summed E-state index contributed by atoms with van der Waals surface area (Å²) in [5.41, 5.74) is 4.31. The van der Waals surface area contributed by atoms with Gasteiger partial charge in [-0.1, -0.05) is 60.7 Å². The molecule has 0 fully saturated rings. The number of aromatic nitrogens is 3. The second-order valence-electron chi connectivity index (χ2n) is 7.09. The lowest BCUT2D eigenvalue weighted by Gasteiger charge is -2.19. The maximum atomic E-state index is 13.1. The van der Waals surface area contributed by atoms with Crippen LogP contribution in [0.3, 0.4) is 0 Å². The second kappa shape index (κ2) is 7.88. The summed E-state index contributed by atoms with van der Waals surface area (Å²) in [6, 6.07) is 30.4. The Morgan fingerprint density at radius 3 is 2.23 bits per heavy atom. The smallest absolute Gasteiger partial charge is 0.188 e. The first-order valence-electron chi connectivity index (χ1n) is 9.94. The molecule has 0 spiro atoms. The monoisotopic (exact) mass is 405 g/mol. The van der Waals surface area contributed by atoms with Gasteiger partial charge in [0, 0.05) is 5.56 Å². The molecule has 5 nitrogen and oxygen atoms in total. The molecule has 0 aromatic heterocycles. The van der Waals surface area contributed by atoms with E-state index in [2.05, 4.69) is 0 Å². The molecule has 0 saturated heterocycles. The number of hydrogen-bond acceptors (Lipinski definition) is 4. The van der Waals surface area contributed by atoms with E-state index in [1.807, 2.05) is 84.9 Å². The van der Waals surface area contributed by atoms with Crippen LogP contribution in [-0.2, 0) is 0 Å². The highest BCUT2D eigenvalue weighted by Gasteiger charge is 2.22. The van der Waals surface area contributed by atoms with Crippen molar-refractivity contribution in [1.29, 1.82) is 0 Å². The third-order valence-corrected chi connectivity index (χ3v) is 5.14. The van der Waals surface area contributed by atoms with E-state index in [-0.39, 0.29) is 5.43 Å². The summed E-state index contributed by atoms with van der Waals surface area (Å²) in [6.45, 7) is 0. The molecule has 0 atom stereocenters. The van der Waals surface area contributed by atoms with Crippen molar-refractivity contribution >= 4 is 0 Å². The summed E-state index contributed by atoms with van der Waals surface area (Å²) < 4.78 is 7.19. The van der Waals surface area contributed by atoms with Crippen LogP contribution in [0.15, 0.2) is 102 Å². The minimum Gasteiger partial charge on any atom is -0.497 e. The Bertz CT molecular complexity index is 1380. The summed E-state index contributed by atoms with van der Waals surface area (Å²) in [6.07, 6.45) is 0. The lowest BCUT2D eigenvalue weighted by molar-refractivity contribution is 0.415. The number of ether oxygens (including phenoxy) is 1. The van der Waals surface area contributed by atoms with E-state index in [9.17, 15) is 4.79 Å². The average molecular weight is 405 g/mol. The number of hydrogen-bond donors (Lipinski definition) is 0. The number of nitrogens with zero attached hydrogens (tertiary/aromatic N) is 3. The fraction of sp³-hybridized carbons (Fsp3) is 0.0385. The molecule has 0 amide bonds. The van der Waals surface area contributed by atoms with Crippen LogP contribution < -0.4 is 10.2 Å². The highest BCUT2D eigenvalue weighted by Crippen LogP contribution is 2.33. The van der Waals surface area contributed by atoms with Crippen molar-refractivity contribution in [3.63, 3.8) is 0 Å². The Kier molecular flexibility index (Phi) is 4.77. The molecule has 0 N–H and O–H groups in total. The third kappa shape index (κ3) is 3.46. The standard InChI is InChI=1S/C26H19N3O2/c1-31-21-14-8-11-19(17-21)24-23(30)16-15-22-25(24)29(20-12-6-3-7-13-20)28-26(27-22)18-9-4-2-5-10-18/h2-17H,1H3. The quantitative estimate of drug-likeness (QED) is 0.419. The predicted molar refractivity (Wildman–Crippen MR) is 122 cm³/mol. The second-order valence-corrected chi connectivity index (χ2v) is 7.09. The SMILES string of the molecule is COc1cccc(-c2c3n(-c4ccccc4)nc(-c4ccccc4)nc-3ccc2=O)c1. The Balaban J connectivity index is 1.87. The molecule has 3 aromatic carbocycles. The first-order chi connectivity index (χ1) is 15.2. The Hall–Kier alpha value is -4.25. The molecule has 1 aliphatic heterocycles. The number of rotatable bonds is 4. The van der Waals surface area contributed by atoms with E-state index in [0.717, 1.165) is 16.8 Å². The molecule has 150 valence electrons. The van der Waals surface area contributed by atoms with Crippen molar-refractivity contribution in [1.82, 2.24) is 14.8 Å². The summed E-state index contributed by atoms with van der Waals surface area (Å²) in [5.74, 6) is 1.27. The van der Waals surface area contributed by atoms with Crippen LogP contribution in [0.1, 0.15) is 0 Å². The maximum absolute atomic E-state index is 13.1. The Morgan fingerprint density at radius 2 is 1.48 bits per heavy atom. The van der Waals surface area contributed by atoms with Crippen molar-refractivity contribution in [3.8, 4) is 45.3 Å². The number of para-hydroxylation sites is 1. The van der Waals surface area contributed by atoms with Crippen molar-refractivity contribution in [3.05, 3.63) is 107 Å². The molecule has 0 unspecified atom stereocenters. The van der Waals surface area contributed by atoms with Gasteiger partial charge >= 0.3 is 0 Å². The molecule has 0 saturated carbocycles. The highest BCUT2D eigenvalue weighted by atomic mass is 16.5. The van der Waals surface area contributed by atoms with Gasteiger partial charge in [0.1, 0.15) is 11.4 Å². The largest absolute Gasteiger partial charge is 0.497 e. The number of methoxy groups -OCH3 is 1. The van der Waals surface area contributed by atoms with Gasteiger partial charge in [0.2, 0.25) is 0 Å². The van der Waals surface area contributed by atoms with E-state index < -0.39 is 0 Å². The predicted octanol–water partition coefficient (Wildman–Crippen LogP) is 5.07. The van der Waals surface area contributed by atoms with Crippen LogP contribution in [0, 0.1) is 0 Å². The van der Waals surface area contributed by atoms with Crippen LogP contribution in [0.25, 0.3) is 39.6 Å². The van der Waals surface area contributed by atoms with Gasteiger partial charge in [0.05, 0.1) is 24.1 Å². The van der Waals surface area contributed by atoms with Gasteiger partial charge < -0.3 is 4.74 Å². The lowest BCUT2D eigenvalue weighted by atomic mass is 9.99. The zero-order chi connectivity index (χ0) is 21.2. The topological polar surface area (TPSA) is 57.0 Å². The van der Waals surface area contributed by atoms with Gasteiger partial charge in [0.15, 0.2) is 11.3 Å². The third-order valence-electron chi connectivity index (χ3n) is 5.14. The maximum Gasteiger partial charge on any atom is 0.188 e. The average Bonchev–Trinajstić information content (AvgIpc) is 2.84. The molecule has 31 heavy (non-hydrogen) atoms. The van der Waals surface area contributed by atoms with Crippen molar-refractivity contribution in [2.75, 3.05) is 7.11 Å². The summed E-state index contributed by atoms with van der Waals surface area (Å²) >= 11 is 0. The molecule has 1 aliphatic carbocycles.